The van der Waals surface area contributed by atoms with E-state index in [-0.39, 0.29) is 5.43 Å². The molecular weight excluding hydrogens is 396 g/mol. The SMILES string of the molecule is CCc1ccc(-c2cc(-c3ccc(CC)cc3)c3c(=O)c4ccccc4sc3c2)cc1. The first-order chi connectivity index (χ1) is 15.2. The third kappa shape index (κ3) is 3.58. The van der Waals surface area contributed by atoms with Crippen LogP contribution in [0, 0.1) is 0 Å². The van der Waals surface area contributed by atoms with E-state index in [1.165, 1.54) is 16.7 Å². The molecule has 1 aromatic heterocycles. The summed E-state index contributed by atoms with van der Waals surface area (Å²) in [5.74, 6) is 0. The van der Waals surface area contributed by atoms with Gasteiger partial charge in [-0.2, -0.15) is 0 Å². The van der Waals surface area contributed by atoms with E-state index in [0.717, 1.165) is 49.7 Å². The van der Waals surface area contributed by atoms with Crippen LogP contribution in [-0.4, -0.2) is 0 Å². The van der Waals surface area contributed by atoms with Gasteiger partial charge in [-0.1, -0.05) is 74.5 Å². The summed E-state index contributed by atoms with van der Waals surface area (Å²) in [6.07, 6.45) is 2.03. The standard InChI is InChI=1S/C29H24OS/c1-3-19-9-13-21(14-10-19)23-17-25(22-15-11-20(4-2)12-16-22)28-27(18-23)31-26-8-6-5-7-24(26)29(28)30/h5-18H,3-4H2,1-2H3. The van der Waals surface area contributed by atoms with E-state index in [1.54, 1.807) is 11.3 Å². The summed E-state index contributed by atoms with van der Waals surface area (Å²) in [6.45, 7) is 4.33. The third-order valence-electron chi connectivity index (χ3n) is 6.05. The Labute approximate surface area is 186 Å². The van der Waals surface area contributed by atoms with Crippen LogP contribution in [0.15, 0.2) is 89.7 Å². The van der Waals surface area contributed by atoms with Crippen molar-refractivity contribution >= 4 is 31.5 Å². The first-order valence-corrected chi connectivity index (χ1v) is 11.7. The van der Waals surface area contributed by atoms with E-state index in [1.807, 2.05) is 24.3 Å². The maximum absolute atomic E-state index is 13.5. The van der Waals surface area contributed by atoms with Crippen LogP contribution >= 0.6 is 11.3 Å². The average molecular weight is 421 g/mol. The van der Waals surface area contributed by atoms with Gasteiger partial charge in [0.15, 0.2) is 5.43 Å². The van der Waals surface area contributed by atoms with Crippen LogP contribution in [0.25, 0.3) is 42.4 Å². The Bertz CT molecular complexity index is 1440. The van der Waals surface area contributed by atoms with E-state index >= 15 is 0 Å². The van der Waals surface area contributed by atoms with E-state index in [0.29, 0.717) is 0 Å². The molecule has 0 aliphatic heterocycles. The smallest absolute Gasteiger partial charge is 0.196 e. The minimum absolute atomic E-state index is 0.117. The molecule has 0 bridgehead atoms. The lowest BCUT2D eigenvalue weighted by Crippen LogP contribution is -2.03. The van der Waals surface area contributed by atoms with Crippen molar-refractivity contribution in [3.63, 3.8) is 0 Å². The Balaban J connectivity index is 1.83. The van der Waals surface area contributed by atoms with Crippen LogP contribution < -0.4 is 5.43 Å². The summed E-state index contributed by atoms with van der Waals surface area (Å²) in [4.78, 5) is 13.5. The molecular formula is C29H24OS. The van der Waals surface area contributed by atoms with Crippen molar-refractivity contribution in [3.8, 4) is 22.3 Å². The molecule has 0 saturated carbocycles. The number of aryl methyl sites for hydroxylation is 2. The minimum Gasteiger partial charge on any atom is -0.288 e. The average Bonchev–Trinajstić information content (AvgIpc) is 2.83. The van der Waals surface area contributed by atoms with Crippen molar-refractivity contribution in [2.75, 3.05) is 0 Å². The molecule has 4 aromatic carbocycles. The van der Waals surface area contributed by atoms with Crippen LogP contribution in [-0.2, 0) is 12.8 Å². The molecule has 0 fully saturated rings. The monoisotopic (exact) mass is 420 g/mol. The zero-order chi connectivity index (χ0) is 21.4. The fourth-order valence-electron chi connectivity index (χ4n) is 4.17. The topological polar surface area (TPSA) is 17.1 Å². The highest BCUT2D eigenvalue weighted by Gasteiger charge is 2.14. The second-order valence-corrected chi connectivity index (χ2v) is 9.01. The maximum atomic E-state index is 13.5. The van der Waals surface area contributed by atoms with Gasteiger partial charge in [0.25, 0.3) is 0 Å². The summed E-state index contributed by atoms with van der Waals surface area (Å²) < 4.78 is 2.07. The second kappa shape index (κ2) is 8.13. The fourth-order valence-corrected chi connectivity index (χ4v) is 5.32. The van der Waals surface area contributed by atoms with Crippen molar-refractivity contribution in [2.24, 2.45) is 0 Å². The van der Waals surface area contributed by atoms with Gasteiger partial charge in [0.1, 0.15) is 0 Å². The van der Waals surface area contributed by atoms with Crippen LogP contribution in [0.5, 0.6) is 0 Å². The zero-order valence-corrected chi connectivity index (χ0v) is 18.6. The maximum Gasteiger partial charge on any atom is 0.196 e. The molecule has 0 aliphatic carbocycles. The Kier molecular flexibility index (Phi) is 5.17. The molecule has 5 aromatic rings. The predicted octanol–water partition coefficient (Wildman–Crippen LogP) is 7.87. The summed E-state index contributed by atoms with van der Waals surface area (Å²) in [5.41, 5.74) is 7.18. The van der Waals surface area contributed by atoms with Gasteiger partial charge in [-0.15, -0.1) is 11.3 Å². The molecule has 1 nitrogen and oxygen atoms in total. The molecule has 31 heavy (non-hydrogen) atoms. The first-order valence-electron chi connectivity index (χ1n) is 10.9. The van der Waals surface area contributed by atoms with E-state index in [2.05, 4.69) is 74.5 Å². The van der Waals surface area contributed by atoms with Crippen molar-refractivity contribution < 1.29 is 0 Å². The Morgan fingerprint density at radius 3 is 1.90 bits per heavy atom. The predicted molar refractivity (Wildman–Crippen MR) is 135 cm³/mol. The van der Waals surface area contributed by atoms with E-state index < -0.39 is 0 Å². The first kappa shape index (κ1) is 19.7. The molecule has 0 amide bonds. The number of rotatable bonds is 4. The number of benzene rings is 4. The van der Waals surface area contributed by atoms with Crippen LogP contribution in [0.1, 0.15) is 25.0 Å². The van der Waals surface area contributed by atoms with Gasteiger partial charge in [-0.25, -0.2) is 0 Å². The number of hydrogen-bond acceptors (Lipinski definition) is 2. The Morgan fingerprint density at radius 1 is 0.645 bits per heavy atom. The number of fused-ring (bicyclic) bond motifs is 2. The Morgan fingerprint density at radius 2 is 1.26 bits per heavy atom. The van der Waals surface area contributed by atoms with Crippen LogP contribution in [0.3, 0.4) is 0 Å². The largest absolute Gasteiger partial charge is 0.288 e. The third-order valence-corrected chi connectivity index (χ3v) is 7.17. The molecule has 0 spiro atoms. The Hall–Kier alpha value is -3.23. The number of hydrogen-bond donors (Lipinski definition) is 0. The van der Waals surface area contributed by atoms with Gasteiger partial charge in [0.05, 0.1) is 0 Å². The highest BCUT2D eigenvalue weighted by Crippen LogP contribution is 2.36. The van der Waals surface area contributed by atoms with Gasteiger partial charge in [-0.05, 0) is 70.5 Å². The van der Waals surface area contributed by atoms with Gasteiger partial charge in [0.2, 0.25) is 0 Å². The highest BCUT2D eigenvalue weighted by molar-refractivity contribution is 7.24. The fraction of sp³-hybridized carbons (Fsp3) is 0.138. The van der Waals surface area contributed by atoms with E-state index in [9.17, 15) is 4.79 Å². The lowest BCUT2D eigenvalue weighted by atomic mass is 9.94. The zero-order valence-electron chi connectivity index (χ0n) is 17.8. The van der Waals surface area contributed by atoms with E-state index in [4.69, 9.17) is 0 Å². The van der Waals surface area contributed by atoms with Crippen molar-refractivity contribution in [1.29, 1.82) is 0 Å². The molecule has 0 saturated heterocycles. The van der Waals surface area contributed by atoms with Gasteiger partial charge in [-0.3, -0.25) is 4.79 Å². The summed E-state index contributed by atoms with van der Waals surface area (Å²) in [6, 6.07) is 29.7. The molecule has 5 rings (SSSR count). The molecule has 1 heterocycles. The molecule has 0 radical (unpaired) electrons. The highest BCUT2D eigenvalue weighted by atomic mass is 32.1. The minimum atomic E-state index is 0.117. The lowest BCUT2D eigenvalue weighted by molar-refractivity contribution is 1.14. The quantitative estimate of drug-likeness (QED) is 0.270. The summed E-state index contributed by atoms with van der Waals surface area (Å²) in [5, 5.41) is 1.62. The van der Waals surface area contributed by atoms with Crippen molar-refractivity contribution in [2.45, 2.75) is 26.7 Å². The molecule has 2 heteroatoms. The molecule has 152 valence electrons. The molecule has 0 atom stereocenters. The summed E-state index contributed by atoms with van der Waals surface area (Å²) >= 11 is 1.70. The second-order valence-electron chi connectivity index (χ2n) is 7.93. The van der Waals surface area contributed by atoms with Gasteiger partial charge in [0, 0.05) is 20.2 Å². The van der Waals surface area contributed by atoms with Crippen molar-refractivity contribution in [3.05, 3.63) is 106 Å². The van der Waals surface area contributed by atoms with Gasteiger partial charge < -0.3 is 0 Å². The molecule has 0 N–H and O–H groups in total. The van der Waals surface area contributed by atoms with Crippen molar-refractivity contribution in [1.82, 2.24) is 0 Å². The molecule has 0 unspecified atom stereocenters. The van der Waals surface area contributed by atoms with Gasteiger partial charge >= 0.3 is 0 Å². The lowest BCUT2D eigenvalue weighted by Gasteiger charge is -2.12. The summed E-state index contributed by atoms with van der Waals surface area (Å²) in [7, 11) is 0. The normalized spacial score (nSPS) is 11.3. The molecule has 0 aliphatic rings. The van der Waals surface area contributed by atoms with Crippen LogP contribution in [0.2, 0.25) is 0 Å². The van der Waals surface area contributed by atoms with Crippen LogP contribution in [0.4, 0.5) is 0 Å².